The number of hydrogen-bond acceptors (Lipinski definition) is 5. The second-order valence-corrected chi connectivity index (χ2v) is 6.23. The number of aliphatic carboxylic acids is 1. The molecule has 3 rings (SSSR count). The largest absolute Gasteiger partial charge is 0.481 e. The third-order valence-electron chi connectivity index (χ3n) is 3.46. The summed E-state index contributed by atoms with van der Waals surface area (Å²) in [4.78, 5) is 22.2. The Bertz CT molecular complexity index is 830. The number of carbonyl (C=O) groups is 1. The van der Waals surface area contributed by atoms with Crippen LogP contribution in [-0.2, 0) is 11.2 Å². The molecule has 0 aliphatic heterocycles. The van der Waals surface area contributed by atoms with Crippen LogP contribution in [0.3, 0.4) is 0 Å². The molecule has 0 fully saturated rings. The molecule has 0 radical (unpaired) electrons. The Hall–Kier alpha value is -2.47. The smallest absolute Gasteiger partial charge is 0.305 e. The molecule has 3 aromatic rings. The van der Waals surface area contributed by atoms with Gasteiger partial charge in [-0.25, -0.2) is 9.97 Å². The minimum atomic E-state index is -0.828. The lowest BCUT2D eigenvalue weighted by Crippen LogP contribution is -2.09. The molecule has 2 aromatic heterocycles. The minimum absolute atomic E-state index is 0.0525. The van der Waals surface area contributed by atoms with Gasteiger partial charge in [-0.05, 0) is 12.5 Å². The van der Waals surface area contributed by atoms with Gasteiger partial charge in [-0.2, -0.15) is 0 Å². The molecule has 0 amide bonds. The number of aryl methyl sites for hydroxylation is 1. The molecular weight excluding hydrogens is 310 g/mol. The van der Waals surface area contributed by atoms with Crippen molar-refractivity contribution in [2.24, 2.45) is 0 Å². The maximum Gasteiger partial charge on any atom is 0.305 e. The van der Waals surface area contributed by atoms with Crippen LogP contribution in [0.5, 0.6) is 0 Å². The highest BCUT2D eigenvalue weighted by atomic mass is 32.1. The number of rotatable bonds is 6. The van der Waals surface area contributed by atoms with Gasteiger partial charge in [-0.15, -0.1) is 11.3 Å². The van der Waals surface area contributed by atoms with Crippen molar-refractivity contribution in [1.29, 1.82) is 0 Å². The van der Waals surface area contributed by atoms with E-state index in [1.807, 2.05) is 30.3 Å². The molecule has 0 spiro atoms. The van der Waals surface area contributed by atoms with E-state index in [1.54, 1.807) is 11.3 Å². The number of anilines is 1. The fourth-order valence-corrected chi connectivity index (χ4v) is 3.25. The molecule has 5 nitrogen and oxygen atoms in total. The predicted octanol–water partition coefficient (Wildman–Crippen LogP) is 3.81. The molecule has 23 heavy (non-hydrogen) atoms. The van der Waals surface area contributed by atoms with Gasteiger partial charge in [0.1, 0.15) is 10.6 Å². The Morgan fingerprint density at radius 3 is 2.74 bits per heavy atom. The summed E-state index contributed by atoms with van der Waals surface area (Å²) in [6.45, 7) is 2.45. The van der Waals surface area contributed by atoms with Crippen LogP contribution in [0.4, 0.5) is 5.82 Å². The first-order chi connectivity index (χ1) is 11.2. The molecular formula is C17H17N3O2S. The number of carboxylic acid groups (broad SMARTS) is 1. The fourth-order valence-electron chi connectivity index (χ4n) is 2.28. The van der Waals surface area contributed by atoms with Crippen LogP contribution in [0.15, 0.2) is 36.4 Å². The van der Waals surface area contributed by atoms with Crippen LogP contribution < -0.4 is 5.32 Å². The van der Waals surface area contributed by atoms with Crippen molar-refractivity contribution in [3.05, 3.63) is 41.3 Å². The predicted molar refractivity (Wildman–Crippen MR) is 93.0 cm³/mol. The number of benzene rings is 1. The minimum Gasteiger partial charge on any atom is -0.481 e. The molecule has 0 atom stereocenters. The van der Waals surface area contributed by atoms with Crippen molar-refractivity contribution in [1.82, 2.24) is 9.97 Å². The van der Waals surface area contributed by atoms with Crippen LogP contribution in [0.2, 0.25) is 0 Å². The Balaban J connectivity index is 2.03. The van der Waals surface area contributed by atoms with Crippen molar-refractivity contribution < 1.29 is 9.90 Å². The monoisotopic (exact) mass is 327 g/mol. The summed E-state index contributed by atoms with van der Waals surface area (Å²) in [5.41, 5.74) is 0.946. The summed E-state index contributed by atoms with van der Waals surface area (Å²) in [5, 5.41) is 12.9. The lowest BCUT2D eigenvalue weighted by atomic mass is 10.2. The zero-order chi connectivity index (χ0) is 16.2. The number of carboxylic acids is 1. The summed E-state index contributed by atoms with van der Waals surface area (Å²) >= 11 is 1.65. The second-order valence-electron chi connectivity index (χ2n) is 5.12. The average molecular weight is 327 g/mol. The van der Waals surface area contributed by atoms with Gasteiger partial charge in [0.05, 0.1) is 11.8 Å². The first-order valence-corrected chi connectivity index (χ1v) is 8.30. The fraction of sp³-hybridized carbons (Fsp3) is 0.235. The van der Waals surface area contributed by atoms with Gasteiger partial charge in [0.2, 0.25) is 0 Å². The quantitative estimate of drug-likeness (QED) is 0.720. The first-order valence-electron chi connectivity index (χ1n) is 7.49. The van der Waals surface area contributed by atoms with E-state index in [2.05, 4.69) is 28.3 Å². The normalized spacial score (nSPS) is 10.8. The number of nitrogens with one attached hydrogen (secondary N) is 1. The molecule has 0 aliphatic rings. The zero-order valence-corrected chi connectivity index (χ0v) is 13.6. The van der Waals surface area contributed by atoms with Gasteiger partial charge in [-0.3, -0.25) is 4.79 Å². The third kappa shape index (κ3) is 3.48. The molecule has 0 bridgehead atoms. The van der Waals surface area contributed by atoms with Crippen LogP contribution in [-0.4, -0.2) is 27.6 Å². The van der Waals surface area contributed by atoms with E-state index in [9.17, 15) is 4.79 Å². The van der Waals surface area contributed by atoms with Crippen LogP contribution >= 0.6 is 11.3 Å². The molecule has 0 unspecified atom stereocenters. The molecule has 2 heterocycles. The van der Waals surface area contributed by atoms with Crippen LogP contribution in [0, 0.1) is 0 Å². The van der Waals surface area contributed by atoms with Crippen molar-refractivity contribution in [3.63, 3.8) is 0 Å². The Kier molecular flexibility index (Phi) is 4.52. The third-order valence-corrected chi connectivity index (χ3v) is 4.63. The Morgan fingerprint density at radius 2 is 2.04 bits per heavy atom. The van der Waals surface area contributed by atoms with Gasteiger partial charge < -0.3 is 10.4 Å². The lowest BCUT2D eigenvalue weighted by Gasteiger charge is -2.08. The van der Waals surface area contributed by atoms with Gasteiger partial charge >= 0.3 is 5.97 Å². The highest BCUT2D eigenvalue weighted by Crippen LogP contribution is 2.31. The summed E-state index contributed by atoms with van der Waals surface area (Å²) in [7, 11) is 0. The lowest BCUT2D eigenvalue weighted by molar-refractivity contribution is -0.136. The number of aromatic nitrogens is 2. The molecule has 2 N–H and O–H groups in total. The summed E-state index contributed by atoms with van der Waals surface area (Å²) in [6.07, 6.45) is 0.993. The van der Waals surface area contributed by atoms with Gasteiger partial charge in [0.15, 0.2) is 5.82 Å². The summed E-state index contributed by atoms with van der Waals surface area (Å²) in [6, 6.07) is 11.9. The van der Waals surface area contributed by atoms with E-state index in [-0.39, 0.29) is 6.42 Å². The summed E-state index contributed by atoms with van der Waals surface area (Å²) < 4.78 is 0. The molecule has 0 saturated heterocycles. The molecule has 0 aliphatic carbocycles. The maximum absolute atomic E-state index is 10.7. The van der Waals surface area contributed by atoms with Crippen molar-refractivity contribution in [2.45, 2.75) is 19.8 Å². The van der Waals surface area contributed by atoms with Crippen molar-refractivity contribution >= 4 is 33.3 Å². The Labute approximate surface area is 138 Å². The standard InChI is InChI=1S/C17H17N3O2S/c1-2-12-10-13-16(18-9-8-14(21)22)19-15(20-17(13)23-12)11-6-4-3-5-7-11/h3-7,10H,2,8-9H2,1H3,(H,21,22)(H,18,19,20). The van der Waals surface area contributed by atoms with E-state index < -0.39 is 5.97 Å². The van der Waals surface area contributed by atoms with E-state index in [4.69, 9.17) is 5.11 Å². The highest BCUT2D eigenvalue weighted by molar-refractivity contribution is 7.18. The summed E-state index contributed by atoms with van der Waals surface area (Å²) in [5.74, 6) is 0.525. The van der Waals surface area contributed by atoms with E-state index in [1.165, 1.54) is 4.88 Å². The van der Waals surface area contributed by atoms with Crippen molar-refractivity contribution in [3.8, 4) is 11.4 Å². The number of thiophene rings is 1. The second kappa shape index (κ2) is 6.75. The van der Waals surface area contributed by atoms with E-state index >= 15 is 0 Å². The van der Waals surface area contributed by atoms with Gasteiger partial charge in [-0.1, -0.05) is 37.3 Å². The number of hydrogen-bond donors (Lipinski definition) is 2. The molecule has 6 heteroatoms. The van der Waals surface area contributed by atoms with Gasteiger partial charge in [0.25, 0.3) is 0 Å². The average Bonchev–Trinajstić information content (AvgIpc) is 2.98. The van der Waals surface area contributed by atoms with E-state index in [0.717, 1.165) is 22.2 Å². The van der Waals surface area contributed by atoms with Crippen LogP contribution in [0.25, 0.3) is 21.6 Å². The number of fused-ring (bicyclic) bond motifs is 1. The van der Waals surface area contributed by atoms with Crippen molar-refractivity contribution in [2.75, 3.05) is 11.9 Å². The Morgan fingerprint density at radius 1 is 1.26 bits per heavy atom. The topological polar surface area (TPSA) is 75.1 Å². The first kappa shape index (κ1) is 15.4. The van der Waals surface area contributed by atoms with Gasteiger partial charge in [0, 0.05) is 17.0 Å². The molecule has 1 aromatic carbocycles. The van der Waals surface area contributed by atoms with Crippen LogP contribution in [0.1, 0.15) is 18.2 Å². The SMILES string of the molecule is CCc1cc2c(NCCC(=O)O)nc(-c3ccccc3)nc2s1. The molecule has 118 valence electrons. The maximum atomic E-state index is 10.7. The van der Waals surface area contributed by atoms with E-state index in [0.29, 0.717) is 18.2 Å². The highest BCUT2D eigenvalue weighted by Gasteiger charge is 2.12. The molecule has 0 saturated carbocycles. The zero-order valence-electron chi connectivity index (χ0n) is 12.7. The number of nitrogens with zero attached hydrogens (tertiary/aromatic N) is 2.